The highest BCUT2D eigenvalue weighted by molar-refractivity contribution is 6.00. The van der Waals surface area contributed by atoms with Gasteiger partial charge in [-0.15, -0.1) is 0 Å². The molecule has 24 nitrogen and oxygen atoms in total. The number of nitrogens with one attached hydrogen (secondary N) is 1. The van der Waals surface area contributed by atoms with E-state index in [1.54, 1.807) is 90.4 Å². The monoisotopic (exact) mass is 1790 g/mol. The molecule has 4 amide bonds. The summed E-state index contributed by atoms with van der Waals surface area (Å²) < 4.78 is 163. The molecule has 6 aromatic heterocycles. The van der Waals surface area contributed by atoms with Gasteiger partial charge in [-0.05, 0) is 258 Å². The minimum absolute atomic E-state index is 0. The fourth-order valence-electron chi connectivity index (χ4n) is 20.1. The maximum Gasteiger partial charge on any atom is 0.456 e. The number of likely N-dealkylation sites (tertiary alicyclic amines) is 4. The van der Waals surface area contributed by atoms with Crippen molar-refractivity contribution in [3.63, 3.8) is 0 Å². The number of alkyl halides is 9. The van der Waals surface area contributed by atoms with E-state index in [2.05, 4.69) is 55.0 Å². The number of carbonyl (C=O) groups excluding carboxylic acids is 6. The number of Topliss-reactive ketones (excluding diaryl/α,β-unsaturated/α-hetero) is 2. The van der Waals surface area contributed by atoms with Crippen LogP contribution in [-0.2, 0) is 54.5 Å². The van der Waals surface area contributed by atoms with Gasteiger partial charge in [0.15, 0.2) is 0 Å². The number of carbonyl (C=O) groups is 6. The maximum absolute atomic E-state index is 14.8. The first-order valence-corrected chi connectivity index (χ1v) is 43.7. The van der Waals surface area contributed by atoms with Crippen LogP contribution in [0.15, 0.2) is 116 Å². The fraction of sp³-hybridized carbons (Fsp3) is 0.532. The number of fused-ring (bicyclic) bond motifs is 8. The number of aromatic nitrogens is 6. The van der Waals surface area contributed by atoms with Crippen molar-refractivity contribution in [1.82, 2.24) is 67.9 Å². The number of ether oxygens (including phenoxy) is 4. The van der Waals surface area contributed by atoms with Gasteiger partial charge in [-0.1, -0.05) is 0 Å². The first kappa shape index (κ1) is 95.0. The molecular weight excluding hydrogens is 1680 g/mol. The van der Waals surface area contributed by atoms with Gasteiger partial charge in [0.25, 0.3) is 35.2 Å². The van der Waals surface area contributed by atoms with Gasteiger partial charge < -0.3 is 56.8 Å². The molecule has 0 saturated carbocycles. The smallest absolute Gasteiger partial charge is 0.456 e. The topological polar surface area (TPSA) is 220 Å². The number of amides is 4. The van der Waals surface area contributed by atoms with Crippen LogP contribution in [0.1, 0.15) is 223 Å². The van der Waals surface area contributed by atoms with Crippen LogP contribution in [-0.4, -0.2) is 234 Å². The second-order valence-electron chi connectivity index (χ2n) is 36.5. The Labute approximate surface area is 741 Å². The van der Waals surface area contributed by atoms with Crippen molar-refractivity contribution in [2.45, 2.75) is 231 Å². The van der Waals surface area contributed by atoms with Crippen LogP contribution in [0.5, 0.6) is 23.1 Å². The summed E-state index contributed by atoms with van der Waals surface area (Å²) in [5.41, 5.74) is 3.28. The standard InChI is InChI=1S/C25H31F3N4O3.C24H28F3N3O3.C23H31N3O2.C22H26F4N4O2.H2/c1-15(2)35-19-8-6-17(29-16(19)3)22(34)31-12-10-24(11-13-31)20-9-7-18(21(33)25(26,27)28)32(20)14-23(4,5)30-24;1-15-13-17(5-7-19(15)33-4)22(32)29-11-9-23(10-12-29)20-8-6-18(21(31)24(25,26)27)30(20)14-16(2)28(23)3;1-17(2)28-20-8-7-19(16-18(20)3)22(27)26-12-9-23(10-13-26)21-6-5-11-25(21)15-14-24(23)4;1-14(2)32-18-5-4-15(13-27-18)20(31)29-8-6-21(7-9-29)19-16(23)12-17(22(24,25)26)30(19)11-10-28(21)3;/h6-9,15,30H,10-14H2,1-5H3;5-8,13,16H,9-12,14H2,1-4H3;5-8,11,16-17H,9-10,12-15H2,1-4H3;4-5,12-14H,6-11H2,1-3H3;1H/t;16-;;;/m.1.../s1. The third-order valence-electron chi connectivity index (χ3n) is 26.6. The minimum atomic E-state index is -4.94. The lowest BCUT2D eigenvalue weighted by Gasteiger charge is -2.53. The molecule has 694 valence electrons. The zero-order valence-electron chi connectivity index (χ0n) is 75.5. The van der Waals surface area contributed by atoms with Gasteiger partial charge in [-0.25, -0.2) is 14.4 Å². The Morgan fingerprint density at radius 2 is 0.977 bits per heavy atom. The molecule has 1 N–H and O–H groups in total. The average Bonchev–Trinajstić information content (AvgIpc) is 1.60. The summed E-state index contributed by atoms with van der Waals surface area (Å²) >= 11 is 0. The molecule has 4 fully saturated rings. The third kappa shape index (κ3) is 19.1. The Morgan fingerprint density at radius 3 is 1.49 bits per heavy atom. The van der Waals surface area contributed by atoms with Crippen LogP contribution in [0.3, 0.4) is 0 Å². The highest BCUT2D eigenvalue weighted by Gasteiger charge is 2.54. The highest BCUT2D eigenvalue weighted by Crippen LogP contribution is 2.49. The van der Waals surface area contributed by atoms with E-state index < -0.39 is 63.8 Å². The second-order valence-corrected chi connectivity index (χ2v) is 36.5. The number of likely N-dealkylation sites (N-methyl/N-ethyl adjacent to an activating group) is 3. The summed E-state index contributed by atoms with van der Waals surface area (Å²) in [5, 5.41) is 3.61. The van der Waals surface area contributed by atoms with Gasteiger partial charge in [0, 0.05) is 157 Å². The van der Waals surface area contributed by atoms with Crippen molar-refractivity contribution in [3.8, 4) is 23.1 Å². The number of nitrogens with zero attached hydrogens (tertiary/aromatic N) is 13. The fourth-order valence-corrected chi connectivity index (χ4v) is 20.1. The molecule has 4 saturated heterocycles. The molecular formula is C94H118F10N14O10. The summed E-state index contributed by atoms with van der Waals surface area (Å²) in [6.07, 6.45) is -5.96. The molecule has 2 aromatic carbocycles. The summed E-state index contributed by atoms with van der Waals surface area (Å²) in [6.45, 7) is 30.1. The quantitative estimate of drug-likeness (QED) is 0.0838. The van der Waals surface area contributed by atoms with Gasteiger partial charge >= 0.3 is 18.5 Å². The van der Waals surface area contributed by atoms with Gasteiger partial charge in [-0.2, -0.15) is 39.5 Å². The number of hydrogen-bond acceptors (Lipinski definition) is 16. The van der Waals surface area contributed by atoms with Crippen molar-refractivity contribution >= 4 is 35.2 Å². The minimum Gasteiger partial charge on any atom is -0.496 e. The van der Waals surface area contributed by atoms with E-state index in [1.165, 1.54) is 33.2 Å². The van der Waals surface area contributed by atoms with Crippen molar-refractivity contribution < 1.29 is 93.0 Å². The van der Waals surface area contributed by atoms with E-state index in [0.29, 0.717) is 148 Å². The summed E-state index contributed by atoms with van der Waals surface area (Å²) in [5.74, 6) is -2.23. The average molecular weight is 1790 g/mol. The van der Waals surface area contributed by atoms with Crippen LogP contribution in [0, 0.1) is 26.6 Å². The molecule has 8 aliphatic rings. The van der Waals surface area contributed by atoms with Gasteiger partial charge in [0.05, 0.1) is 75.9 Å². The van der Waals surface area contributed by atoms with Gasteiger partial charge in [0.1, 0.15) is 34.5 Å². The molecule has 0 radical (unpaired) electrons. The number of pyridine rings is 2. The van der Waals surface area contributed by atoms with Crippen LogP contribution in [0.4, 0.5) is 43.9 Å². The van der Waals surface area contributed by atoms with Gasteiger partial charge in [0.2, 0.25) is 5.88 Å². The Balaban J connectivity index is 0.000000156. The lowest BCUT2D eigenvalue weighted by Crippen LogP contribution is -2.63. The Bertz CT molecular complexity index is 5410. The number of benzene rings is 2. The predicted molar refractivity (Wildman–Crippen MR) is 462 cm³/mol. The van der Waals surface area contributed by atoms with Crippen molar-refractivity contribution in [3.05, 3.63) is 200 Å². The summed E-state index contributed by atoms with van der Waals surface area (Å²) in [6, 6.07) is 28.5. The first-order valence-electron chi connectivity index (χ1n) is 43.7. The molecule has 8 aromatic rings. The van der Waals surface area contributed by atoms with E-state index in [4.69, 9.17) is 18.9 Å². The SMILES string of the molecule is CC(C)Oc1ccc(C(=O)N2CCC3(CC2)c2c(F)cc(C(F)(F)F)n2CCN3C)cn1.COc1ccc(C(=O)N2CCC3(CC2)c2ccc(C(=O)C(F)(F)F)n2C[C@@H](C)N3C)cc1C.Cc1cc(C(=O)N2CCC3(CC2)c2cccn2CCN3C)ccc1OC(C)C.Cc1nc(C(=O)N2CCC3(CC2)NC(C)(C)Cn2c(C(=O)C(F)(F)F)ccc23)ccc1OC(C)C.[HH]. The molecule has 128 heavy (non-hydrogen) atoms. The zero-order valence-corrected chi connectivity index (χ0v) is 75.5. The van der Waals surface area contributed by atoms with Crippen LogP contribution in [0.25, 0.3) is 0 Å². The van der Waals surface area contributed by atoms with E-state index in [0.717, 1.165) is 66.0 Å². The molecule has 34 heteroatoms. The van der Waals surface area contributed by atoms with E-state index in [-0.39, 0.29) is 85.1 Å². The third-order valence-corrected chi connectivity index (χ3v) is 26.6. The van der Waals surface area contributed by atoms with E-state index >= 15 is 0 Å². The number of halogens is 10. The molecule has 16 rings (SSSR count). The normalized spacial score (nSPS) is 19.4. The van der Waals surface area contributed by atoms with Crippen molar-refractivity contribution in [2.24, 2.45) is 0 Å². The van der Waals surface area contributed by atoms with Crippen LogP contribution in [0.2, 0.25) is 0 Å². The molecule has 0 unspecified atom stereocenters. The first-order chi connectivity index (χ1) is 60.1. The molecule has 1 atom stereocenters. The largest absolute Gasteiger partial charge is 0.496 e. The van der Waals surface area contributed by atoms with Crippen LogP contribution < -0.4 is 24.3 Å². The molecule has 4 spiro atoms. The zero-order chi connectivity index (χ0) is 93.0. The molecule has 0 bridgehead atoms. The Hall–Kier alpha value is -10.6. The number of hydrogen-bond donors (Lipinski definition) is 1. The van der Waals surface area contributed by atoms with Gasteiger partial charge in [-0.3, -0.25) is 48.8 Å². The lowest BCUT2D eigenvalue weighted by molar-refractivity contribution is -0.144. The Kier molecular flexibility index (Phi) is 27.3. The maximum atomic E-state index is 14.8. The lowest BCUT2D eigenvalue weighted by atomic mass is 9.79. The number of piperidine rings is 4. The highest BCUT2D eigenvalue weighted by atomic mass is 19.4. The number of rotatable bonds is 13. The van der Waals surface area contributed by atoms with Crippen molar-refractivity contribution in [1.29, 1.82) is 0 Å². The number of methoxy groups -OCH3 is 1. The molecule has 8 aliphatic heterocycles. The summed E-state index contributed by atoms with van der Waals surface area (Å²) in [7, 11) is 7.58. The van der Waals surface area contributed by atoms with Crippen LogP contribution >= 0.6 is 0 Å². The number of aryl methyl sites for hydroxylation is 3. The number of ketones is 2. The molecule has 0 aliphatic carbocycles. The van der Waals surface area contributed by atoms with Crippen molar-refractivity contribution in [2.75, 3.05) is 93.7 Å². The second kappa shape index (κ2) is 36.8. The Morgan fingerprint density at radius 1 is 0.500 bits per heavy atom. The van der Waals surface area contributed by atoms with E-state index in [1.807, 2.05) is 111 Å². The van der Waals surface area contributed by atoms with E-state index in [9.17, 15) is 72.7 Å². The predicted octanol–water partition coefficient (Wildman–Crippen LogP) is 16.1. The summed E-state index contributed by atoms with van der Waals surface area (Å²) in [4.78, 5) is 98.7. The molecule has 14 heterocycles.